The third kappa shape index (κ3) is 1.82. The van der Waals surface area contributed by atoms with Crippen molar-refractivity contribution in [2.45, 2.75) is 13.3 Å². The first-order valence-corrected chi connectivity index (χ1v) is 1.98. The van der Waals surface area contributed by atoms with Gasteiger partial charge in [0.25, 0.3) is 0 Å². The summed E-state index contributed by atoms with van der Waals surface area (Å²) in [5.41, 5.74) is 0. The van der Waals surface area contributed by atoms with Gasteiger partial charge in [-0.05, 0) is 13.0 Å². The van der Waals surface area contributed by atoms with E-state index in [0.717, 1.165) is 0 Å². The topological polar surface area (TPSA) is 20.2 Å². The fourth-order valence-corrected chi connectivity index (χ4v) is 0.144. The van der Waals surface area contributed by atoms with Crippen LogP contribution < -0.4 is 0 Å². The molecule has 0 amide bonds. The van der Waals surface area contributed by atoms with Crippen LogP contribution in [0.4, 0.5) is 0 Å². The predicted octanol–water partition coefficient (Wildman–Crippen LogP) is 1.67. The standard InChI is InChI=1S/C5H9O/c1-3-5(6)4-2/h3,6H,1,4H2,2H3/b5-3-. The van der Waals surface area contributed by atoms with Crippen molar-refractivity contribution < 1.29 is 5.11 Å². The molecule has 1 nitrogen and oxygen atoms in total. The van der Waals surface area contributed by atoms with Crippen molar-refractivity contribution in [2.24, 2.45) is 0 Å². The monoisotopic (exact) mass is 85.1 g/mol. The lowest BCUT2D eigenvalue weighted by Gasteiger charge is -1.84. The molecule has 1 radical (unpaired) electrons. The summed E-state index contributed by atoms with van der Waals surface area (Å²) < 4.78 is 0. The van der Waals surface area contributed by atoms with E-state index in [-0.39, 0.29) is 0 Å². The van der Waals surface area contributed by atoms with Crippen LogP contribution in [0.3, 0.4) is 0 Å². The van der Waals surface area contributed by atoms with Crippen LogP contribution in [-0.4, -0.2) is 5.11 Å². The van der Waals surface area contributed by atoms with Crippen LogP contribution in [0, 0.1) is 6.92 Å². The van der Waals surface area contributed by atoms with Gasteiger partial charge in [-0.15, -0.1) is 0 Å². The number of hydrogen-bond acceptors (Lipinski definition) is 1. The molecular weight excluding hydrogens is 76.1 g/mol. The van der Waals surface area contributed by atoms with E-state index >= 15 is 0 Å². The van der Waals surface area contributed by atoms with Gasteiger partial charge in [0.2, 0.25) is 0 Å². The molecule has 1 heteroatoms. The summed E-state index contributed by atoms with van der Waals surface area (Å²) in [6, 6.07) is 0. The second kappa shape index (κ2) is 2.76. The highest BCUT2D eigenvalue weighted by atomic mass is 16.3. The van der Waals surface area contributed by atoms with Gasteiger partial charge in [-0.3, -0.25) is 0 Å². The zero-order chi connectivity index (χ0) is 4.99. The van der Waals surface area contributed by atoms with Gasteiger partial charge >= 0.3 is 0 Å². The maximum atomic E-state index is 8.47. The second-order valence-electron chi connectivity index (χ2n) is 1.05. The largest absolute Gasteiger partial charge is 0.513 e. The van der Waals surface area contributed by atoms with Crippen molar-refractivity contribution in [1.82, 2.24) is 0 Å². The van der Waals surface area contributed by atoms with Gasteiger partial charge in [0.15, 0.2) is 0 Å². The Balaban J connectivity index is 3.22. The van der Waals surface area contributed by atoms with Gasteiger partial charge in [-0.25, -0.2) is 0 Å². The van der Waals surface area contributed by atoms with Crippen molar-refractivity contribution >= 4 is 0 Å². The van der Waals surface area contributed by atoms with Crippen molar-refractivity contribution in [3.05, 3.63) is 18.8 Å². The lowest BCUT2D eigenvalue weighted by molar-refractivity contribution is 0.394. The lowest BCUT2D eigenvalue weighted by Crippen LogP contribution is -1.70. The van der Waals surface area contributed by atoms with E-state index in [1.807, 2.05) is 6.92 Å². The minimum Gasteiger partial charge on any atom is -0.513 e. The second-order valence-corrected chi connectivity index (χ2v) is 1.05. The number of aliphatic hydroxyl groups excluding tert-OH is 1. The van der Waals surface area contributed by atoms with Crippen LogP contribution in [0.25, 0.3) is 0 Å². The number of allylic oxidation sites excluding steroid dienone is 2. The average molecular weight is 85.1 g/mol. The van der Waals surface area contributed by atoms with E-state index in [1.165, 1.54) is 6.08 Å². The summed E-state index contributed by atoms with van der Waals surface area (Å²) in [7, 11) is 0. The molecule has 0 unspecified atom stereocenters. The first-order chi connectivity index (χ1) is 2.81. The molecule has 6 heavy (non-hydrogen) atoms. The van der Waals surface area contributed by atoms with Crippen molar-refractivity contribution in [3.8, 4) is 0 Å². The van der Waals surface area contributed by atoms with Gasteiger partial charge in [-0.2, -0.15) is 0 Å². The van der Waals surface area contributed by atoms with E-state index in [0.29, 0.717) is 12.2 Å². The fourth-order valence-electron chi connectivity index (χ4n) is 0.144. The maximum Gasteiger partial charge on any atom is 0.0880 e. The van der Waals surface area contributed by atoms with Crippen molar-refractivity contribution in [2.75, 3.05) is 0 Å². The molecule has 0 saturated carbocycles. The lowest BCUT2D eigenvalue weighted by atomic mass is 10.4. The first kappa shape index (κ1) is 5.54. The van der Waals surface area contributed by atoms with Crippen LogP contribution in [0.15, 0.2) is 11.8 Å². The fraction of sp³-hybridized carbons (Fsp3) is 0.400. The molecule has 0 aliphatic carbocycles. The molecule has 0 atom stereocenters. The van der Waals surface area contributed by atoms with Crippen LogP contribution in [0.2, 0.25) is 0 Å². The first-order valence-electron chi connectivity index (χ1n) is 1.98. The highest BCUT2D eigenvalue weighted by Crippen LogP contribution is 1.89. The molecule has 0 fully saturated rings. The third-order valence-corrected chi connectivity index (χ3v) is 0.598. The van der Waals surface area contributed by atoms with Crippen molar-refractivity contribution in [1.29, 1.82) is 0 Å². The van der Waals surface area contributed by atoms with Crippen molar-refractivity contribution in [3.63, 3.8) is 0 Å². The number of aliphatic hydroxyl groups is 1. The van der Waals surface area contributed by atoms with Gasteiger partial charge in [0, 0.05) is 6.42 Å². The molecule has 0 aliphatic heterocycles. The summed E-state index contributed by atoms with van der Waals surface area (Å²) in [6.45, 7) is 5.22. The van der Waals surface area contributed by atoms with E-state index in [4.69, 9.17) is 5.11 Å². The Labute approximate surface area is 38.3 Å². The Morgan fingerprint density at radius 2 is 2.50 bits per heavy atom. The molecule has 0 aromatic carbocycles. The molecule has 0 spiro atoms. The van der Waals surface area contributed by atoms with Gasteiger partial charge in [0.05, 0.1) is 5.76 Å². The molecule has 0 aromatic rings. The predicted molar refractivity (Wildman–Crippen MR) is 26.4 cm³/mol. The summed E-state index contributed by atoms with van der Waals surface area (Å²) in [5.74, 6) is 0.356. The summed E-state index contributed by atoms with van der Waals surface area (Å²) >= 11 is 0. The highest BCUT2D eigenvalue weighted by Gasteiger charge is 1.76. The highest BCUT2D eigenvalue weighted by molar-refractivity contribution is 4.90. The molecule has 0 heterocycles. The van der Waals surface area contributed by atoms with E-state index in [2.05, 4.69) is 6.92 Å². The Morgan fingerprint density at radius 3 is 2.50 bits per heavy atom. The van der Waals surface area contributed by atoms with E-state index in [1.54, 1.807) is 0 Å². The minimum absolute atomic E-state index is 0.356. The SMILES string of the molecule is [CH2]/C=C(\O)CC. The Hall–Kier alpha value is -0.460. The van der Waals surface area contributed by atoms with Gasteiger partial charge in [-0.1, -0.05) is 6.92 Å². The molecule has 0 aromatic heterocycles. The molecule has 0 saturated heterocycles. The van der Waals surface area contributed by atoms with Crippen LogP contribution in [0.1, 0.15) is 13.3 Å². The van der Waals surface area contributed by atoms with Crippen LogP contribution in [-0.2, 0) is 0 Å². The quantitative estimate of drug-likeness (QED) is 0.480. The van der Waals surface area contributed by atoms with E-state index < -0.39 is 0 Å². The molecule has 0 bridgehead atoms. The Morgan fingerprint density at radius 1 is 2.00 bits per heavy atom. The smallest absolute Gasteiger partial charge is 0.0880 e. The average Bonchev–Trinajstić information content (AvgIpc) is 1.65. The minimum atomic E-state index is 0.356. The molecular formula is C5H9O. The summed E-state index contributed by atoms with van der Waals surface area (Å²) in [5, 5.41) is 8.47. The van der Waals surface area contributed by atoms with Gasteiger partial charge in [0.1, 0.15) is 0 Å². The molecule has 0 rings (SSSR count). The zero-order valence-corrected chi connectivity index (χ0v) is 3.94. The summed E-state index contributed by atoms with van der Waals surface area (Å²) in [4.78, 5) is 0. The number of rotatable bonds is 1. The van der Waals surface area contributed by atoms with Crippen LogP contribution in [0.5, 0.6) is 0 Å². The summed E-state index contributed by atoms with van der Waals surface area (Å²) in [6.07, 6.45) is 2.13. The third-order valence-electron chi connectivity index (χ3n) is 0.598. The maximum absolute atomic E-state index is 8.47. The van der Waals surface area contributed by atoms with Crippen LogP contribution >= 0.6 is 0 Å². The zero-order valence-electron chi connectivity index (χ0n) is 3.94. The van der Waals surface area contributed by atoms with E-state index in [9.17, 15) is 0 Å². The van der Waals surface area contributed by atoms with Gasteiger partial charge < -0.3 is 5.11 Å². The Kier molecular flexibility index (Phi) is 2.55. The normalized spacial score (nSPS) is 12.0. The molecule has 1 N–H and O–H groups in total. The Bertz CT molecular complexity index is 55.0. The number of hydrogen-bond donors (Lipinski definition) is 1. The molecule has 35 valence electrons. The molecule has 0 aliphatic rings.